The van der Waals surface area contributed by atoms with Crippen LogP contribution in [-0.4, -0.2) is 56.2 Å². The molecule has 60 heavy (non-hydrogen) atoms. The van der Waals surface area contributed by atoms with Crippen LogP contribution in [-0.2, 0) is 57.4 Å². The summed E-state index contributed by atoms with van der Waals surface area (Å²) in [4.78, 5) is 86.3. The summed E-state index contributed by atoms with van der Waals surface area (Å²) in [5.41, 5.74) is -0.672. The van der Waals surface area contributed by atoms with E-state index in [1.54, 1.807) is 13.8 Å². The Morgan fingerprint density at radius 2 is 0.783 bits per heavy atom. The van der Waals surface area contributed by atoms with Crippen LogP contribution >= 0.6 is 0 Å². The lowest BCUT2D eigenvalue weighted by molar-refractivity contribution is -0.193. The van der Waals surface area contributed by atoms with Gasteiger partial charge in [-0.05, 0) is 70.6 Å². The molecule has 352 valence electrons. The average molecular weight is 857 g/mol. The minimum Gasteiger partial charge on any atom is -0.466 e. The third-order valence-electron chi connectivity index (χ3n) is 11.4. The first-order valence-electron chi connectivity index (χ1n) is 23.3. The molecule has 0 aromatic carbocycles. The van der Waals surface area contributed by atoms with Crippen LogP contribution in [0, 0.1) is 22.7 Å². The molecule has 0 aliphatic rings. The highest BCUT2D eigenvalue weighted by Gasteiger charge is 2.47. The van der Waals surface area contributed by atoms with Crippen LogP contribution in [0.3, 0.4) is 0 Å². The molecule has 0 radical (unpaired) electrons. The lowest BCUT2D eigenvalue weighted by Crippen LogP contribution is -2.42. The summed E-state index contributed by atoms with van der Waals surface area (Å²) in [6, 6.07) is 0. The monoisotopic (exact) mass is 857 g/mol. The molecule has 0 heterocycles. The van der Waals surface area contributed by atoms with Crippen LogP contribution in [0.5, 0.6) is 0 Å². The molecule has 0 amide bonds. The second-order valence-electron chi connectivity index (χ2n) is 15.4. The van der Waals surface area contributed by atoms with Gasteiger partial charge in [0, 0.05) is 0 Å². The molecular formula is C48H88O12. The Morgan fingerprint density at radius 1 is 0.433 bits per heavy atom. The van der Waals surface area contributed by atoms with Gasteiger partial charge < -0.3 is 14.2 Å². The van der Waals surface area contributed by atoms with E-state index in [1.807, 2.05) is 6.92 Å². The van der Waals surface area contributed by atoms with E-state index in [2.05, 4.69) is 48.5 Å². The number of unbranched alkanes of at least 4 members (excludes halogenated alkanes) is 8. The summed E-state index contributed by atoms with van der Waals surface area (Å²) >= 11 is 0. The molecule has 0 bridgehead atoms. The van der Waals surface area contributed by atoms with Crippen molar-refractivity contribution >= 4 is 36.4 Å². The number of ether oxygens (including phenoxy) is 3. The first-order chi connectivity index (χ1) is 28.8. The maximum absolute atomic E-state index is 12.8. The molecule has 0 aliphatic carbocycles. The molecule has 0 aliphatic heterocycles. The van der Waals surface area contributed by atoms with Crippen LogP contribution in [0.15, 0.2) is 0 Å². The van der Waals surface area contributed by atoms with Crippen molar-refractivity contribution in [3.63, 3.8) is 0 Å². The zero-order valence-electron chi connectivity index (χ0n) is 39.9. The number of carbonyl (C=O) groups excluding carboxylic acids is 9. The second-order valence-corrected chi connectivity index (χ2v) is 15.4. The van der Waals surface area contributed by atoms with E-state index in [1.165, 1.54) is 89.9 Å². The van der Waals surface area contributed by atoms with Gasteiger partial charge >= 0.3 is 36.4 Å². The van der Waals surface area contributed by atoms with Crippen molar-refractivity contribution in [2.45, 2.75) is 230 Å². The minimum atomic E-state index is -1.13. The minimum absolute atomic E-state index is 0.0327. The summed E-state index contributed by atoms with van der Waals surface area (Å²) in [6.45, 7) is 22.3. The summed E-state index contributed by atoms with van der Waals surface area (Å²) in [5.74, 6) is 0.297. The Labute approximate surface area is 365 Å². The zero-order valence-corrected chi connectivity index (χ0v) is 39.9. The Kier molecular flexibility index (Phi) is 54.6. The van der Waals surface area contributed by atoms with Gasteiger partial charge in [-0.15, -0.1) is 0 Å². The van der Waals surface area contributed by atoms with E-state index >= 15 is 0 Å². The van der Waals surface area contributed by atoms with Crippen molar-refractivity contribution < 1.29 is 57.4 Å². The number of rotatable bonds is 33. The first kappa shape index (κ1) is 65.7. The summed E-state index contributed by atoms with van der Waals surface area (Å²) in [7, 11) is 0. The predicted molar refractivity (Wildman–Crippen MR) is 232 cm³/mol. The highest BCUT2D eigenvalue weighted by molar-refractivity contribution is 6.00. The number of esters is 3. The molecule has 2 atom stereocenters. The first-order valence-corrected chi connectivity index (χ1v) is 23.3. The standard InChI is InChI=1S/C25H48O4.C20H40O2.3CO2/c1-7-13-18-24(9-3,10-4)19-16-15-17-21-25(20-14-8-2,22(26)28-11-5)23(27)29-12-6;1-5-9-14-18(7-3)15-12-11-13-17-19(16-10-6-2)20(21)22-8-4;3*2-1-3/h7-21H2,1-6H3;18-19H,5-17H2,1-4H3;;;. The highest BCUT2D eigenvalue weighted by Crippen LogP contribution is 2.39. The fourth-order valence-electron chi connectivity index (χ4n) is 7.51. The molecule has 0 aromatic heterocycles. The van der Waals surface area contributed by atoms with Crippen LogP contribution in [0.1, 0.15) is 230 Å². The van der Waals surface area contributed by atoms with Gasteiger partial charge in [-0.2, -0.15) is 28.8 Å². The Bertz CT molecular complexity index is 1040. The lowest BCUT2D eigenvalue weighted by atomic mass is 9.73. The molecule has 0 spiro atoms. The summed E-state index contributed by atoms with van der Waals surface area (Å²) < 4.78 is 15.9. The number of carbonyl (C=O) groups is 3. The van der Waals surface area contributed by atoms with Crippen LogP contribution in [0.2, 0.25) is 0 Å². The van der Waals surface area contributed by atoms with Crippen LogP contribution in [0.4, 0.5) is 0 Å². The maximum atomic E-state index is 12.8. The van der Waals surface area contributed by atoms with Gasteiger partial charge in [0.15, 0.2) is 5.41 Å². The zero-order chi connectivity index (χ0) is 46.9. The average Bonchev–Trinajstić information content (AvgIpc) is 3.23. The molecule has 0 saturated carbocycles. The maximum Gasteiger partial charge on any atom is 0.373 e. The van der Waals surface area contributed by atoms with Gasteiger partial charge in [0.25, 0.3) is 0 Å². The molecule has 0 fully saturated rings. The van der Waals surface area contributed by atoms with E-state index in [0.29, 0.717) is 38.1 Å². The Morgan fingerprint density at radius 3 is 1.22 bits per heavy atom. The predicted octanol–water partition coefficient (Wildman–Crippen LogP) is 12.0. The molecule has 0 rings (SSSR count). The van der Waals surface area contributed by atoms with Gasteiger partial charge in [0.1, 0.15) is 0 Å². The normalized spacial score (nSPS) is 11.3. The molecular weight excluding hydrogens is 769 g/mol. The van der Waals surface area contributed by atoms with Gasteiger partial charge in [-0.1, -0.05) is 170 Å². The Hall–Kier alpha value is -3.45. The Balaban J connectivity index is -0.000000286. The van der Waals surface area contributed by atoms with Gasteiger partial charge in [0.2, 0.25) is 0 Å². The van der Waals surface area contributed by atoms with Crippen LogP contribution in [0.25, 0.3) is 0 Å². The highest BCUT2D eigenvalue weighted by atomic mass is 16.6. The molecule has 0 N–H and O–H groups in total. The van der Waals surface area contributed by atoms with Gasteiger partial charge in [-0.25, -0.2) is 0 Å². The topological polar surface area (TPSA) is 181 Å². The number of hydrogen-bond donors (Lipinski definition) is 0. The van der Waals surface area contributed by atoms with Crippen molar-refractivity contribution in [1.82, 2.24) is 0 Å². The van der Waals surface area contributed by atoms with Crippen molar-refractivity contribution in [3.8, 4) is 0 Å². The van der Waals surface area contributed by atoms with E-state index in [9.17, 15) is 14.4 Å². The molecule has 12 nitrogen and oxygen atoms in total. The SMILES string of the molecule is CCCCC(CC)(CC)CCCCCC(CCCC)(C(=O)OCC)C(=O)OCC.CCCCC(CC)CCCCCC(CCCC)C(=O)OCC.O=C=O.O=C=O.O=C=O. The largest absolute Gasteiger partial charge is 0.466 e. The van der Waals surface area contributed by atoms with Crippen molar-refractivity contribution in [2.75, 3.05) is 19.8 Å². The molecule has 0 saturated heterocycles. The molecule has 0 aromatic rings. The van der Waals surface area contributed by atoms with Crippen LogP contribution < -0.4 is 0 Å². The smallest absolute Gasteiger partial charge is 0.373 e. The molecule has 12 heteroatoms. The fraction of sp³-hybridized carbons (Fsp3) is 0.875. The third-order valence-corrected chi connectivity index (χ3v) is 11.4. The molecule has 2 unspecified atom stereocenters. The van der Waals surface area contributed by atoms with Crippen molar-refractivity contribution in [2.24, 2.45) is 22.7 Å². The number of hydrogen-bond acceptors (Lipinski definition) is 12. The van der Waals surface area contributed by atoms with Gasteiger partial charge in [0.05, 0.1) is 25.7 Å². The fourth-order valence-corrected chi connectivity index (χ4v) is 7.51. The quantitative estimate of drug-likeness (QED) is 0.0264. The lowest BCUT2D eigenvalue weighted by Gasteiger charge is -2.32. The summed E-state index contributed by atoms with van der Waals surface area (Å²) in [6.07, 6.45) is 29.0. The van der Waals surface area contributed by atoms with Crippen molar-refractivity contribution in [1.29, 1.82) is 0 Å². The second kappa shape index (κ2) is 49.9. The van der Waals surface area contributed by atoms with E-state index in [0.717, 1.165) is 63.7 Å². The van der Waals surface area contributed by atoms with Gasteiger partial charge in [-0.3, -0.25) is 14.4 Å². The van der Waals surface area contributed by atoms with E-state index in [-0.39, 0.29) is 30.3 Å². The van der Waals surface area contributed by atoms with E-state index in [4.69, 9.17) is 43.0 Å². The van der Waals surface area contributed by atoms with E-state index < -0.39 is 17.4 Å². The third kappa shape index (κ3) is 36.4. The van der Waals surface area contributed by atoms with Crippen molar-refractivity contribution in [3.05, 3.63) is 0 Å². The summed E-state index contributed by atoms with van der Waals surface area (Å²) in [5, 5.41) is 0.